The van der Waals surface area contributed by atoms with Gasteiger partial charge in [-0.2, -0.15) is 26.3 Å². The summed E-state index contributed by atoms with van der Waals surface area (Å²) in [7, 11) is -11.1. The number of hydrogen-bond donors (Lipinski definition) is 0. The van der Waals surface area contributed by atoms with Crippen LogP contribution in [0.3, 0.4) is 0 Å². The number of alkyl halides is 6. The highest BCUT2D eigenvalue weighted by Gasteiger charge is 2.37. The molecule has 20 heteroatoms. The van der Waals surface area contributed by atoms with Crippen molar-refractivity contribution >= 4 is 59.3 Å². The number of benzene rings is 2. The molecule has 34 heavy (non-hydrogen) atoms. The van der Waals surface area contributed by atoms with Crippen molar-refractivity contribution in [2.75, 3.05) is 0 Å². The molecule has 4 aromatic rings. The summed E-state index contributed by atoms with van der Waals surface area (Å²) in [6, 6.07) is 16.1. The third kappa shape index (κ3) is 9.87. The van der Waals surface area contributed by atoms with E-state index in [4.69, 9.17) is 25.9 Å². The summed E-state index contributed by atoms with van der Waals surface area (Å²) in [4.78, 5) is 0. The lowest BCUT2D eigenvalue weighted by molar-refractivity contribution is -0.252. The zero-order valence-electron chi connectivity index (χ0n) is 16.0. The molecule has 2 N–H and O–H groups in total. The number of nitrogens with zero attached hydrogens (tertiary/aromatic N) is 2. The van der Waals surface area contributed by atoms with Gasteiger partial charge in [-0.15, -0.1) is 0 Å². The van der Waals surface area contributed by atoms with Gasteiger partial charge in [-0.1, -0.05) is 24.3 Å². The van der Waals surface area contributed by atoms with Crippen molar-refractivity contribution in [3.8, 4) is 0 Å². The molecule has 2 aromatic carbocycles. The highest BCUT2D eigenvalue weighted by atomic mass is 32.2. The van der Waals surface area contributed by atoms with Gasteiger partial charge in [0.2, 0.25) is 28.1 Å². The van der Waals surface area contributed by atoms with E-state index in [0.29, 0.717) is 17.0 Å². The maximum atomic E-state index is 10.7. The molecule has 2 unspecified atom stereocenters. The van der Waals surface area contributed by atoms with Crippen LogP contribution in [0, 0.1) is 0 Å². The van der Waals surface area contributed by atoms with Crippen molar-refractivity contribution in [1.29, 1.82) is 0 Å². The largest absolute Gasteiger partial charge is 0.741 e. The second kappa shape index (κ2) is 11.9. The number of H-pyrrole nitrogens is 2. The predicted molar refractivity (Wildman–Crippen MR) is 107 cm³/mol. The van der Waals surface area contributed by atoms with E-state index < -0.39 is 31.3 Å². The van der Waals surface area contributed by atoms with E-state index in [9.17, 15) is 26.3 Å². The minimum Gasteiger partial charge on any atom is -0.741 e. The number of aromatic amines is 2. The maximum Gasteiger partial charge on any atom is 0.485 e. The lowest BCUT2D eigenvalue weighted by Gasteiger charge is -2.08. The summed E-state index contributed by atoms with van der Waals surface area (Å²) in [6.45, 7) is 0. The summed E-state index contributed by atoms with van der Waals surface area (Å²) in [5.74, 6) is 0. The predicted octanol–water partition coefficient (Wildman–Crippen LogP) is 2.26. The van der Waals surface area contributed by atoms with Crippen LogP contribution in [-0.4, -0.2) is 46.5 Å². The molecule has 0 amide bonds. The molecular weight excluding hydrogens is 560 g/mol. The van der Waals surface area contributed by atoms with Crippen LogP contribution in [0.4, 0.5) is 26.3 Å². The van der Waals surface area contributed by atoms with Gasteiger partial charge in [-0.25, -0.2) is 26.3 Å². The Labute approximate surface area is 190 Å². The zero-order chi connectivity index (χ0) is 26.2. The second-order valence-corrected chi connectivity index (χ2v) is 9.67. The van der Waals surface area contributed by atoms with Gasteiger partial charge >= 0.3 is 11.0 Å². The SMILES string of the molecule is O=S(=O)([O-])C(F)(F)F.O=S(=O)([O-])C(F)(F)F.c1ccc2[nH+][pH]nc2c1.c1ccc2[nH+][pH]nc2c1. The lowest BCUT2D eigenvalue weighted by atomic mass is 10.3. The Morgan fingerprint density at radius 1 is 0.647 bits per heavy atom. The summed E-state index contributed by atoms with van der Waals surface area (Å²) in [6.07, 6.45) is 0. The first-order valence-corrected chi connectivity index (χ1v) is 12.8. The van der Waals surface area contributed by atoms with E-state index in [1.807, 2.05) is 48.5 Å². The summed E-state index contributed by atoms with van der Waals surface area (Å²) >= 11 is 0. The molecule has 2 aromatic heterocycles. The minimum absolute atomic E-state index is 0.521. The quantitative estimate of drug-likeness (QED) is 0.176. The van der Waals surface area contributed by atoms with Crippen LogP contribution in [0.2, 0.25) is 0 Å². The van der Waals surface area contributed by atoms with E-state index in [0.717, 1.165) is 22.1 Å². The van der Waals surface area contributed by atoms with Crippen molar-refractivity contribution in [1.82, 2.24) is 9.49 Å². The van der Waals surface area contributed by atoms with Crippen LogP contribution in [0.25, 0.3) is 22.1 Å². The number of fused-ring (bicyclic) bond motifs is 2. The fourth-order valence-electron chi connectivity index (χ4n) is 1.65. The Balaban J connectivity index is 0.000000228. The number of aromatic nitrogens is 4. The first-order valence-electron chi connectivity index (χ1n) is 8.09. The van der Waals surface area contributed by atoms with Crippen LogP contribution in [0.5, 0.6) is 0 Å². The number of hydrogen-bond acceptors (Lipinski definition) is 8. The average molecular weight is 572 g/mol. The Morgan fingerprint density at radius 3 is 1.15 bits per heavy atom. The third-order valence-electron chi connectivity index (χ3n) is 3.11. The second-order valence-electron chi connectivity index (χ2n) is 5.53. The van der Waals surface area contributed by atoms with Crippen LogP contribution >= 0.6 is 17.0 Å². The molecule has 0 spiro atoms. The minimum atomic E-state index is -6.09. The molecule has 0 radical (unpaired) electrons. The lowest BCUT2D eigenvalue weighted by Crippen LogP contribution is -2.21. The zero-order valence-corrected chi connectivity index (χ0v) is 19.7. The molecule has 0 aliphatic heterocycles. The molecule has 4 rings (SSSR count). The normalized spacial score (nSPS) is 12.5. The van der Waals surface area contributed by atoms with E-state index in [1.165, 1.54) is 0 Å². The topological polar surface area (TPSA) is 168 Å². The van der Waals surface area contributed by atoms with Crippen molar-refractivity contribution in [3.63, 3.8) is 0 Å². The molecular formula is C14H12F6N4O6P2S2. The molecule has 0 saturated heterocycles. The van der Waals surface area contributed by atoms with Gasteiger partial charge in [0.25, 0.3) is 0 Å². The van der Waals surface area contributed by atoms with E-state index in [1.54, 1.807) is 0 Å². The number of para-hydroxylation sites is 4. The smallest absolute Gasteiger partial charge is 0.485 e. The summed E-state index contributed by atoms with van der Waals surface area (Å²) in [5, 5.41) is 0. The first-order chi connectivity index (χ1) is 15.4. The Morgan fingerprint density at radius 2 is 0.912 bits per heavy atom. The molecule has 0 bridgehead atoms. The van der Waals surface area contributed by atoms with E-state index >= 15 is 0 Å². The molecule has 2 heterocycles. The van der Waals surface area contributed by atoms with Gasteiger partial charge < -0.3 is 9.11 Å². The van der Waals surface area contributed by atoms with Crippen LogP contribution in [0.15, 0.2) is 48.5 Å². The Hall–Kier alpha value is -2.36. The molecule has 0 fully saturated rings. The monoisotopic (exact) mass is 572 g/mol. The molecule has 10 nitrogen and oxygen atoms in total. The van der Waals surface area contributed by atoms with Crippen molar-refractivity contribution < 1.29 is 61.8 Å². The summed E-state index contributed by atoms with van der Waals surface area (Å²) in [5.41, 5.74) is -6.78. The molecule has 2 atom stereocenters. The fraction of sp³-hybridized carbons (Fsp3) is 0.143. The highest BCUT2D eigenvalue weighted by molar-refractivity contribution is 7.86. The standard InChI is InChI=1S/2C6H5N2P.2CHF3O3S/c2*1-2-4-6-5(3-1)7-9-8-6;2*2-1(3,4)8(5,6)7/h2*1-4,9H;2*(H,5,6,7). The average Bonchev–Trinajstić information content (AvgIpc) is 3.35. The summed E-state index contributed by atoms with van der Waals surface area (Å²) < 4.78 is 133. The van der Waals surface area contributed by atoms with Gasteiger partial charge in [0.1, 0.15) is 0 Å². The van der Waals surface area contributed by atoms with Crippen LogP contribution < -0.4 is 9.49 Å². The number of nitrogens with one attached hydrogen (secondary N) is 2. The highest BCUT2D eigenvalue weighted by Crippen LogP contribution is 2.21. The van der Waals surface area contributed by atoms with Gasteiger partial charge in [0.15, 0.2) is 31.3 Å². The maximum absolute atomic E-state index is 10.7. The van der Waals surface area contributed by atoms with Gasteiger partial charge in [0, 0.05) is 0 Å². The third-order valence-corrected chi connectivity index (χ3v) is 5.71. The van der Waals surface area contributed by atoms with Gasteiger partial charge in [0.05, 0.1) is 0 Å². The van der Waals surface area contributed by atoms with Crippen molar-refractivity contribution in [3.05, 3.63) is 48.5 Å². The first kappa shape index (κ1) is 29.7. The van der Waals surface area contributed by atoms with E-state index in [2.05, 4.69) is 19.0 Å². The van der Waals surface area contributed by atoms with Crippen molar-refractivity contribution in [2.24, 2.45) is 0 Å². The Bertz CT molecular complexity index is 1240. The van der Waals surface area contributed by atoms with Gasteiger partial charge in [-0.05, 0) is 33.8 Å². The van der Waals surface area contributed by atoms with Crippen LogP contribution in [-0.2, 0) is 20.2 Å². The number of halogens is 6. The van der Waals surface area contributed by atoms with E-state index in [-0.39, 0.29) is 0 Å². The van der Waals surface area contributed by atoms with Gasteiger partial charge in [-0.3, -0.25) is 0 Å². The molecule has 0 saturated carbocycles. The molecule has 0 aliphatic carbocycles. The number of rotatable bonds is 0. The Kier molecular flexibility index (Phi) is 10.4. The fourth-order valence-corrected chi connectivity index (χ4v) is 3.06. The van der Waals surface area contributed by atoms with Crippen LogP contribution in [0.1, 0.15) is 0 Å². The molecule has 188 valence electrons. The van der Waals surface area contributed by atoms with Crippen molar-refractivity contribution in [2.45, 2.75) is 11.0 Å². The molecule has 0 aliphatic rings.